The van der Waals surface area contributed by atoms with Crippen molar-refractivity contribution in [3.8, 4) is 0 Å². The number of anilines is 2. The largest absolute Gasteiger partial charge is 0.389 e. The van der Waals surface area contributed by atoms with E-state index in [0.29, 0.717) is 37.2 Å². The van der Waals surface area contributed by atoms with Crippen LogP contribution in [0.5, 0.6) is 0 Å². The molecule has 4 atom stereocenters. The monoisotopic (exact) mass is 512 g/mol. The van der Waals surface area contributed by atoms with Gasteiger partial charge in [0.25, 0.3) is 0 Å². The van der Waals surface area contributed by atoms with Crippen LogP contribution in [0.3, 0.4) is 0 Å². The molecule has 0 spiro atoms. The molecule has 0 radical (unpaired) electrons. The maximum absolute atomic E-state index is 15.4. The zero-order valence-corrected chi connectivity index (χ0v) is 21.0. The molecular weight excluding hydrogens is 483 g/mol. The molecule has 2 N–H and O–H groups in total. The smallest absolute Gasteiger partial charge is 0.227 e. The van der Waals surface area contributed by atoms with Crippen molar-refractivity contribution in [2.45, 2.75) is 62.4 Å². The Morgan fingerprint density at radius 2 is 2.06 bits per heavy atom. The fraction of sp³-hybridized carbons (Fsp3) is 0.577. The molecule has 8 rings (SSSR count). The van der Waals surface area contributed by atoms with Crippen molar-refractivity contribution in [1.82, 2.24) is 24.6 Å². The molecule has 8 nitrogen and oxygen atoms in total. The van der Waals surface area contributed by atoms with E-state index in [-0.39, 0.29) is 24.0 Å². The molecule has 36 heavy (non-hydrogen) atoms. The Bertz CT molecular complexity index is 1320. The second kappa shape index (κ2) is 8.34. The third-order valence-electron chi connectivity index (χ3n) is 8.87. The first kappa shape index (κ1) is 22.8. The molecule has 3 saturated carbocycles. The number of nitrogens with zero attached hydrogens (tertiary/aromatic N) is 5. The first-order chi connectivity index (χ1) is 17.4. The standard InChI is InChI=1S/C26H30ClFN6O2/c1-14-22(10-30-34(14)26-6-15(7-26)8-26)32-25-29-9-16-4-19(27)18(5-21(16)31-25)17-2-3-33(11-20(17)28)23-12-36-13-24(23)35/h4-5,9-10,15,17,20,23-24,35H,2-3,6-8,11-13H2,1H3,(H,29,31,32). The predicted octanol–water partition coefficient (Wildman–Crippen LogP) is 3.93. The topological polar surface area (TPSA) is 88.3 Å². The van der Waals surface area contributed by atoms with Gasteiger partial charge in [-0.3, -0.25) is 9.58 Å². The number of aliphatic hydroxyl groups is 1. The second-order valence-corrected chi connectivity index (χ2v) is 11.5. The van der Waals surface area contributed by atoms with E-state index in [1.807, 2.05) is 23.2 Å². The van der Waals surface area contributed by atoms with E-state index < -0.39 is 12.3 Å². The summed E-state index contributed by atoms with van der Waals surface area (Å²) in [6, 6.07) is 3.60. The van der Waals surface area contributed by atoms with Crippen molar-refractivity contribution in [2.24, 2.45) is 5.92 Å². The first-order valence-electron chi connectivity index (χ1n) is 12.8. The fourth-order valence-electron chi connectivity index (χ4n) is 6.70. The van der Waals surface area contributed by atoms with E-state index in [1.165, 1.54) is 19.3 Å². The van der Waals surface area contributed by atoms with E-state index in [4.69, 9.17) is 21.3 Å². The molecule has 10 heteroatoms. The second-order valence-electron chi connectivity index (χ2n) is 11.1. The van der Waals surface area contributed by atoms with Crippen molar-refractivity contribution in [1.29, 1.82) is 0 Å². The number of aromatic nitrogens is 4. The average Bonchev–Trinajstić information content (AvgIpc) is 3.38. The molecule has 3 aliphatic carbocycles. The van der Waals surface area contributed by atoms with Gasteiger partial charge in [0, 0.05) is 29.1 Å². The Labute approximate surface area is 213 Å². The van der Waals surface area contributed by atoms with Gasteiger partial charge in [0.1, 0.15) is 6.17 Å². The van der Waals surface area contributed by atoms with Crippen LogP contribution < -0.4 is 5.32 Å². The minimum Gasteiger partial charge on any atom is -0.389 e. The summed E-state index contributed by atoms with van der Waals surface area (Å²) in [4.78, 5) is 11.2. The van der Waals surface area contributed by atoms with Crippen molar-refractivity contribution in [2.75, 3.05) is 31.6 Å². The predicted molar refractivity (Wildman–Crippen MR) is 135 cm³/mol. The molecule has 2 saturated heterocycles. The molecule has 4 unspecified atom stereocenters. The first-order valence-corrected chi connectivity index (χ1v) is 13.2. The highest BCUT2D eigenvalue weighted by molar-refractivity contribution is 6.32. The fourth-order valence-corrected chi connectivity index (χ4v) is 7.01. The number of fused-ring (bicyclic) bond motifs is 1. The van der Waals surface area contributed by atoms with Crippen LogP contribution in [0, 0.1) is 12.8 Å². The maximum atomic E-state index is 15.4. The molecule has 190 valence electrons. The number of halogens is 2. The normalized spacial score (nSPS) is 33.9. The van der Waals surface area contributed by atoms with E-state index in [1.54, 1.807) is 6.20 Å². The number of benzene rings is 1. The number of alkyl halides is 1. The quantitative estimate of drug-likeness (QED) is 0.535. The lowest BCUT2D eigenvalue weighted by Gasteiger charge is -2.61. The Morgan fingerprint density at radius 3 is 2.75 bits per heavy atom. The Kier molecular flexibility index (Phi) is 5.29. The summed E-state index contributed by atoms with van der Waals surface area (Å²) in [5, 5.41) is 19.5. The van der Waals surface area contributed by atoms with Crippen LogP contribution in [0.4, 0.5) is 16.0 Å². The van der Waals surface area contributed by atoms with Gasteiger partial charge in [-0.15, -0.1) is 0 Å². The number of hydrogen-bond acceptors (Lipinski definition) is 7. The third kappa shape index (κ3) is 3.55. The summed E-state index contributed by atoms with van der Waals surface area (Å²) in [7, 11) is 0. The van der Waals surface area contributed by atoms with Gasteiger partial charge in [0.15, 0.2) is 0 Å². The molecule has 2 aliphatic heterocycles. The summed E-state index contributed by atoms with van der Waals surface area (Å²) in [5.41, 5.74) is 3.73. The summed E-state index contributed by atoms with van der Waals surface area (Å²) in [5.74, 6) is 1.05. The number of nitrogens with one attached hydrogen (secondary N) is 1. The van der Waals surface area contributed by atoms with Crippen LogP contribution in [-0.4, -0.2) is 74.4 Å². The molecule has 2 bridgehead atoms. The minimum absolute atomic E-state index is 0.139. The van der Waals surface area contributed by atoms with E-state index in [0.717, 1.165) is 33.8 Å². The van der Waals surface area contributed by atoms with E-state index in [2.05, 4.69) is 27.0 Å². The van der Waals surface area contributed by atoms with Crippen LogP contribution in [0.1, 0.15) is 42.9 Å². The third-order valence-corrected chi connectivity index (χ3v) is 9.20. The lowest BCUT2D eigenvalue weighted by Crippen LogP contribution is -2.60. The van der Waals surface area contributed by atoms with Gasteiger partial charge in [-0.2, -0.15) is 5.10 Å². The van der Waals surface area contributed by atoms with Gasteiger partial charge < -0.3 is 15.2 Å². The van der Waals surface area contributed by atoms with Crippen LogP contribution in [0.15, 0.2) is 24.5 Å². The van der Waals surface area contributed by atoms with Gasteiger partial charge in [-0.25, -0.2) is 14.4 Å². The van der Waals surface area contributed by atoms with Crippen molar-refractivity contribution >= 4 is 34.1 Å². The highest BCUT2D eigenvalue weighted by atomic mass is 35.5. The maximum Gasteiger partial charge on any atom is 0.227 e. The molecule has 0 amide bonds. The lowest BCUT2D eigenvalue weighted by molar-refractivity contribution is -0.0990. The Hall–Kier alpha value is -2.33. The van der Waals surface area contributed by atoms with Gasteiger partial charge in [-0.1, -0.05) is 11.6 Å². The summed E-state index contributed by atoms with van der Waals surface area (Å²) in [6.07, 6.45) is 6.26. The highest BCUT2D eigenvalue weighted by Crippen LogP contribution is 2.62. The Balaban J connectivity index is 1.12. The summed E-state index contributed by atoms with van der Waals surface area (Å²) < 4.78 is 22.9. The van der Waals surface area contributed by atoms with Crippen LogP contribution in [-0.2, 0) is 10.3 Å². The van der Waals surface area contributed by atoms with Crippen molar-refractivity contribution < 1.29 is 14.2 Å². The van der Waals surface area contributed by atoms with Crippen LogP contribution in [0.2, 0.25) is 5.02 Å². The highest BCUT2D eigenvalue weighted by Gasteiger charge is 2.59. The van der Waals surface area contributed by atoms with E-state index >= 15 is 4.39 Å². The van der Waals surface area contributed by atoms with Crippen LogP contribution in [0.25, 0.3) is 10.9 Å². The lowest BCUT2D eigenvalue weighted by atomic mass is 9.50. The molecular formula is C26H30ClFN6O2. The number of ether oxygens (including phenoxy) is 1. The number of hydrogen-bond donors (Lipinski definition) is 2. The summed E-state index contributed by atoms with van der Waals surface area (Å²) >= 11 is 6.62. The number of likely N-dealkylation sites (tertiary alicyclic amines) is 1. The SMILES string of the molecule is Cc1c(Nc2ncc3cc(Cl)c(C4CCN(C5COCC5O)CC4F)cc3n2)cnn1C12CC(C1)C2. The minimum atomic E-state index is -1.09. The van der Waals surface area contributed by atoms with Gasteiger partial charge in [0.2, 0.25) is 5.95 Å². The molecule has 4 heterocycles. The molecule has 5 fully saturated rings. The number of aliphatic hydroxyl groups excluding tert-OH is 1. The van der Waals surface area contributed by atoms with Crippen molar-refractivity contribution in [3.05, 3.63) is 40.8 Å². The zero-order valence-electron chi connectivity index (χ0n) is 20.2. The molecule has 1 aromatic carbocycles. The molecule has 5 aliphatic rings. The average molecular weight is 513 g/mol. The van der Waals surface area contributed by atoms with Gasteiger partial charge in [-0.05, 0) is 62.8 Å². The van der Waals surface area contributed by atoms with Crippen molar-refractivity contribution in [3.63, 3.8) is 0 Å². The number of piperidine rings is 1. The molecule has 3 aromatic rings. The van der Waals surface area contributed by atoms with Crippen LogP contribution >= 0.6 is 11.6 Å². The number of rotatable bonds is 5. The molecule has 2 aromatic heterocycles. The van der Waals surface area contributed by atoms with Gasteiger partial charge in [0.05, 0.1) is 54.0 Å². The zero-order chi connectivity index (χ0) is 24.6. The van der Waals surface area contributed by atoms with E-state index in [9.17, 15) is 5.11 Å². The van der Waals surface area contributed by atoms with Gasteiger partial charge >= 0.3 is 0 Å². The summed E-state index contributed by atoms with van der Waals surface area (Å²) in [6.45, 7) is 3.79. The Morgan fingerprint density at radius 1 is 1.22 bits per heavy atom.